The van der Waals surface area contributed by atoms with Gasteiger partial charge in [0.05, 0.1) is 5.51 Å². The smallest absolute Gasteiger partial charge is 0.126 e. The number of nitrogen functional groups attached to an aromatic ring is 1. The lowest BCUT2D eigenvalue weighted by atomic mass is 10.1. The van der Waals surface area contributed by atoms with Crippen LogP contribution >= 0.6 is 11.3 Å². The van der Waals surface area contributed by atoms with Crippen molar-refractivity contribution in [2.24, 2.45) is 0 Å². The highest BCUT2D eigenvalue weighted by molar-refractivity contribution is 7.14. The van der Waals surface area contributed by atoms with Crippen LogP contribution in [0.1, 0.15) is 5.56 Å². The van der Waals surface area contributed by atoms with Gasteiger partial charge in [-0.2, -0.15) is 0 Å². The van der Waals surface area contributed by atoms with Gasteiger partial charge in [0.25, 0.3) is 0 Å². The number of anilines is 1. The van der Waals surface area contributed by atoms with Crippen molar-refractivity contribution in [3.8, 4) is 11.3 Å². The first-order valence-electron chi connectivity index (χ1n) is 4.14. The molecule has 0 bridgehead atoms. The fourth-order valence-electron chi connectivity index (χ4n) is 1.26. The Morgan fingerprint density at radius 2 is 2.21 bits per heavy atom. The van der Waals surface area contributed by atoms with Gasteiger partial charge in [-0.3, -0.25) is 0 Å². The Balaban J connectivity index is 2.53. The highest BCUT2D eigenvalue weighted by Gasteiger charge is 2.07. The van der Waals surface area contributed by atoms with Gasteiger partial charge >= 0.3 is 0 Å². The zero-order valence-corrected chi connectivity index (χ0v) is 8.44. The molecule has 4 heteroatoms. The summed E-state index contributed by atoms with van der Waals surface area (Å²) in [7, 11) is 0. The predicted molar refractivity (Wildman–Crippen MR) is 56.7 cm³/mol. The highest BCUT2D eigenvalue weighted by atomic mass is 32.1. The maximum absolute atomic E-state index is 13.0. The van der Waals surface area contributed by atoms with E-state index in [2.05, 4.69) is 4.98 Å². The van der Waals surface area contributed by atoms with Crippen molar-refractivity contribution >= 4 is 16.3 Å². The van der Waals surface area contributed by atoms with Gasteiger partial charge in [0, 0.05) is 5.56 Å². The number of hydrogen-bond donors (Lipinski definition) is 1. The van der Waals surface area contributed by atoms with Crippen molar-refractivity contribution in [2.45, 2.75) is 6.92 Å². The molecule has 2 nitrogen and oxygen atoms in total. The second-order valence-electron chi connectivity index (χ2n) is 3.03. The molecule has 0 spiro atoms. The number of hydrogen-bond acceptors (Lipinski definition) is 3. The second kappa shape index (κ2) is 3.38. The third-order valence-corrected chi connectivity index (χ3v) is 2.68. The fourth-order valence-corrected chi connectivity index (χ4v) is 1.82. The number of aryl methyl sites for hydroxylation is 1. The van der Waals surface area contributed by atoms with Gasteiger partial charge in [-0.15, -0.1) is 11.3 Å². The van der Waals surface area contributed by atoms with Crippen molar-refractivity contribution in [3.05, 3.63) is 35.1 Å². The van der Waals surface area contributed by atoms with E-state index in [0.717, 1.165) is 11.3 Å². The molecule has 2 rings (SSSR count). The summed E-state index contributed by atoms with van der Waals surface area (Å²) in [5, 5.41) is 0.663. The SMILES string of the molecule is Cc1cc(-c2ncsc2N)ccc1F. The summed E-state index contributed by atoms with van der Waals surface area (Å²) in [6, 6.07) is 4.87. The highest BCUT2D eigenvalue weighted by Crippen LogP contribution is 2.28. The van der Waals surface area contributed by atoms with E-state index < -0.39 is 0 Å². The van der Waals surface area contributed by atoms with Crippen LogP contribution in [0.5, 0.6) is 0 Å². The normalized spacial score (nSPS) is 10.4. The molecule has 0 atom stereocenters. The molecular formula is C10H9FN2S. The molecule has 0 fully saturated rings. The van der Waals surface area contributed by atoms with Crippen LogP contribution in [-0.4, -0.2) is 4.98 Å². The summed E-state index contributed by atoms with van der Waals surface area (Å²) in [5.41, 5.74) is 9.61. The fraction of sp³-hybridized carbons (Fsp3) is 0.100. The molecule has 1 aromatic heterocycles. The molecule has 0 saturated heterocycles. The maximum atomic E-state index is 13.0. The van der Waals surface area contributed by atoms with Crippen molar-refractivity contribution < 1.29 is 4.39 Å². The topological polar surface area (TPSA) is 38.9 Å². The lowest BCUT2D eigenvalue weighted by Crippen LogP contribution is -1.88. The number of nitrogens with two attached hydrogens (primary N) is 1. The van der Waals surface area contributed by atoms with Gasteiger partial charge in [-0.05, 0) is 30.7 Å². The number of rotatable bonds is 1. The molecule has 1 aromatic carbocycles. The largest absolute Gasteiger partial charge is 0.389 e. The molecule has 72 valence electrons. The van der Waals surface area contributed by atoms with Gasteiger partial charge in [-0.25, -0.2) is 9.37 Å². The monoisotopic (exact) mass is 208 g/mol. The van der Waals surface area contributed by atoms with Crippen molar-refractivity contribution in [2.75, 3.05) is 5.73 Å². The molecule has 0 saturated carbocycles. The molecule has 14 heavy (non-hydrogen) atoms. The van der Waals surface area contributed by atoms with E-state index in [1.165, 1.54) is 17.4 Å². The number of halogens is 1. The number of benzene rings is 1. The lowest BCUT2D eigenvalue weighted by Gasteiger charge is -2.01. The third-order valence-electron chi connectivity index (χ3n) is 2.03. The van der Waals surface area contributed by atoms with E-state index in [1.807, 2.05) is 0 Å². The molecular weight excluding hydrogens is 199 g/mol. The molecule has 0 radical (unpaired) electrons. The average Bonchev–Trinajstić information content (AvgIpc) is 2.57. The molecule has 0 aliphatic carbocycles. The van der Waals surface area contributed by atoms with E-state index in [9.17, 15) is 4.39 Å². The molecule has 0 amide bonds. The minimum absolute atomic E-state index is 0.206. The lowest BCUT2D eigenvalue weighted by molar-refractivity contribution is 0.619. The van der Waals surface area contributed by atoms with Crippen LogP contribution < -0.4 is 5.73 Å². The van der Waals surface area contributed by atoms with Gasteiger partial charge in [-0.1, -0.05) is 0 Å². The molecule has 0 aliphatic heterocycles. The van der Waals surface area contributed by atoms with Gasteiger partial charge in [0.2, 0.25) is 0 Å². The standard InChI is InChI=1S/C10H9FN2S/c1-6-4-7(2-3-8(6)11)9-10(12)14-5-13-9/h2-5H,12H2,1H3. The van der Waals surface area contributed by atoms with Gasteiger partial charge in [0.1, 0.15) is 16.5 Å². The zero-order chi connectivity index (χ0) is 10.1. The average molecular weight is 208 g/mol. The molecule has 1 heterocycles. The summed E-state index contributed by atoms with van der Waals surface area (Å²) in [4.78, 5) is 4.13. The Bertz CT molecular complexity index is 465. The first-order chi connectivity index (χ1) is 6.68. The van der Waals surface area contributed by atoms with E-state index in [4.69, 9.17) is 5.73 Å². The Hall–Kier alpha value is -1.42. The van der Waals surface area contributed by atoms with E-state index in [0.29, 0.717) is 10.6 Å². The molecule has 0 aliphatic rings. The predicted octanol–water partition coefficient (Wildman–Crippen LogP) is 2.84. The number of nitrogens with zero attached hydrogens (tertiary/aromatic N) is 1. The minimum atomic E-state index is -0.206. The number of thiazole rings is 1. The quantitative estimate of drug-likeness (QED) is 0.782. The first-order valence-corrected chi connectivity index (χ1v) is 5.02. The number of aromatic nitrogens is 1. The summed E-state index contributed by atoms with van der Waals surface area (Å²) in [6.45, 7) is 1.72. The molecule has 2 N–H and O–H groups in total. The Labute approximate surface area is 85.2 Å². The summed E-state index contributed by atoms with van der Waals surface area (Å²) < 4.78 is 13.0. The third kappa shape index (κ3) is 1.48. The van der Waals surface area contributed by atoms with E-state index in [-0.39, 0.29) is 5.82 Å². The van der Waals surface area contributed by atoms with Crippen LogP contribution in [0.2, 0.25) is 0 Å². The van der Waals surface area contributed by atoms with Crippen molar-refractivity contribution in [1.29, 1.82) is 0 Å². The van der Waals surface area contributed by atoms with Crippen LogP contribution in [0.25, 0.3) is 11.3 Å². The Morgan fingerprint density at radius 3 is 2.79 bits per heavy atom. The van der Waals surface area contributed by atoms with Crippen LogP contribution in [0.4, 0.5) is 9.39 Å². The zero-order valence-electron chi connectivity index (χ0n) is 7.62. The van der Waals surface area contributed by atoms with Gasteiger partial charge < -0.3 is 5.73 Å². The van der Waals surface area contributed by atoms with E-state index in [1.54, 1.807) is 24.6 Å². The summed E-state index contributed by atoms with van der Waals surface area (Å²) in [5.74, 6) is -0.206. The maximum Gasteiger partial charge on any atom is 0.126 e. The second-order valence-corrected chi connectivity index (χ2v) is 3.92. The molecule has 0 unspecified atom stereocenters. The molecule has 2 aromatic rings. The van der Waals surface area contributed by atoms with Crippen LogP contribution in [-0.2, 0) is 0 Å². The van der Waals surface area contributed by atoms with Crippen LogP contribution in [0.15, 0.2) is 23.7 Å². The Kier molecular flexibility index (Phi) is 2.21. The summed E-state index contributed by atoms with van der Waals surface area (Å²) in [6.07, 6.45) is 0. The summed E-state index contributed by atoms with van der Waals surface area (Å²) >= 11 is 1.38. The van der Waals surface area contributed by atoms with Crippen molar-refractivity contribution in [3.63, 3.8) is 0 Å². The van der Waals surface area contributed by atoms with E-state index >= 15 is 0 Å². The minimum Gasteiger partial charge on any atom is -0.389 e. The van der Waals surface area contributed by atoms with Crippen LogP contribution in [0.3, 0.4) is 0 Å². The van der Waals surface area contributed by atoms with Gasteiger partial charge in [0.15, 0.2) is 0 Å². The van der Waals surface area contributed by atoms with Crippen LogP contribution in [0, 0.1) is 12.7 Å². The Morgan fingerprint density at radius 1 is 1.43 bits per heavy atom. The first kappa shape index (κ1) is 9.15. The van der Waals surface area contributed by atoms with Crippen molar-refractivity contribution in [1.82, 2.24) is 4.98 Å².